The Morgan fingerprint density at radius 1 is 1.08 bits per heavy atom. The van der Waals surface area contributed by atoms with Crippen LogP contribution in [0.15, 0.2) is 0 Å². The fourth-order valence-electron chi connectivity index (χ4n) is 0.738. The van der Waals surface area contributed by atoms with Crippen molar-refractivity contribution in [3.05, 3.63) is 0 Å². The summed E-state index contributed by atoms with van der Waals surface area (Å²) in [6.07, 6.45) is 0. The summed E-state index contributed by atoms with van der Waals surface area (Å²) in [5.74, 6) is -2.21. The van der Waals surface area contributed by atoms with E-state index in [4.69, 9.17) is 15.3 Å². The fraction of sp³-hybridized carbons (Fsp3) is 0.667. The Labute approximate surface area is 105 Å². The van der Waals surface area contributed by atoms with Crippen molar-refractivity contribution < 1.29 is 24.9 Å². The second-order valence-electron chi connectivity index (χ2n) is 2.22. The number of nitrogens with zero attached hydrogens (tertiary/aromatic N) is 1. The Morgan fingerprint density at radius 2 is 1.46 bits per heavy atom. The van der Waals surface area contributed by atoms with Gasteiger partial charge in [0.05, 0.1) is 19.7 Å². The van der Waals surface area contributed by atoms with Crippen LogP contribution in [0.2, 0.25) is 0 Å². The second-order valence-corrected chi connectivity index (χ2v) is 2.22. The van der Waals surface area contributed by atoms with Crippen molar-refractivity contribution in [2.45, 2.75) is 0 Å². The standard InChI is InChI=1S/C6H11NO5.Ca/c8-2-1-7(3-5(9)10)4-6(11)12;/h8H,1-4H2,(H,9,10)(H,11,12);. The van der Waals surface area contributed by atoms with Gasteiger partial charge in [0.15, 0.2) is 0 Å². The van der Waals surface area contributed by atoms with E-state index in [0.717, 1.165) is 4.90 Å². The number of hydrogen-bond donors (Lipinski definition) is 3. The summed E-state index contributed by atoms with van der Waals surface area (Å²) in [6.45, 7) is -0.932. The van der Waals surface area contributed by atoms with Gasteiger partial charge in [-0.15, -0.1) is 0 Å². The minimum absolute atomic E-state index is 0. The molecule has 0 saturated heterocycles. The van der Waals surface area contributed by atoms with Crippen molar-refractivity contribution in [3.8, 4) is 0 Å². The van der Waals surface area contributed by atoms with E-state index in [1.807, 2.05) is 0 Å². The molecule has 0 aliphatic rings. The molecule has 0 bridgehead atoms. The third-order valence-electron chi connectivity index (χ3n) is 1.13. The largest absolute Gasteiger partial charge is 0.480 e. The topological polar surface area (TPSA) is 98.1 Å². The molecule has 3 N–H and O–H groups in total. The van der Waals surface area contributed by atoms with Crippen LogP contribution in [-0.2, 0) is 9.59 Å². The zero-order valence-corrected chi connectivity index (χ0v) is 9.35. The van der Waals surface area contributed by atoms with Crippen LogP contribution < -0.4 is 0 Å². The molecule has 6 nitrogen and oxygen atoms in total. The molecule has 0 aliphatic heterocycles. The molecule has 0 atom stereocenters. The van der Waals surface area contributed by atoms with Gasteiger partial charge < -0.3 is 15.3 Å². The van der Waals surface area contributed by atoms with Crippen molar-refractivity contribution in [2.75, 3.05) is 26.2 Å². The predicted molar refractivity (Wildman–Crippen MR) is 44.6 cm³/mol. The molecule has 13 heavy (non-hydrogen) atoms. The van der Waals surface area contributed by atoms with Gasteiger partial charge in [-0.1, -0.05) is 0 Å². The number of carbonyl (C=O) groups is 2. The molecular formula is C6H11CaNO5. The van der Waals surface area contributed by atoms with Crippen molar-refractivity contribution in [3.63, 3.8) is 0 Å². The molecule has 0 aromatic carbocycles. The van der Waals surface area contributed by atoms with Crippen LogP contribution in [0, 0.1) is 0 Å². The molecule has 0 rings (SSSR count). The Kier molecular flexibility index (Phi) is 10.4. The minimum atomic E-state index is -1.11. The van der Waals surface area contributed by atoms with Crippen LogP contribution in [0.1, 0.15) is 0 Å². The monoisotopic (exact) mass is 217 g/mol. The normalized spacial score (nSPS) is 9.38. The Hall–Kier alpha value is 0.120. The average molecular weight is 217 g/mol. The van der Waals surface area contributed by atoms with E-state index in [-0.39, 0.29) is 64.0 Å². The van der Waals surface area contributed by atoms with Crippen LogP contribution in [0.5, 0.6) is 0 Å². The van der Waals surface area contributed by atoms with Gasteiger partial charge in [0.1, 0.15) is 0 Å². The quantitative estimate of drug-likeness (QED) is 0.448. The Bertz CT molecular complexity index is 158. The van der Waals surface area contributed by atoms with Crippen molar-refractivity contribution in [1.29, 1.82) is 0 Å². The first-order chi connectivity index (χ1) is 5.56. The van der Waals surface area contributed by atoms with E-state index in [9.17, 15) is 9.59 Å². The van der Waals surface area contributed by atoms with Gasteiger partial charge in [0, 0.05) is 44.3 Å². The first-order valence-corrected chi connectivity index (χ1v) is 3.33. The molecule has 0 heterocycles. The number of carboxylic acid groups (broad SMARTS) is 2. The summed E-state index contributed by atoms with van der Waals surface area (Å²) in [5.41, 5.74) is 0. The van der Waals surface area contributed by atoms with Crippen molar-refractivity contribution in [2.24, 2.45) is 0 Å². The molecule has 72 valence electrons. The number of aliphatic carboxylic acids is 2. The van der Waals surface area contributed by atoms with Gasteiger partial charge in [-0.2, -0.15) is 0 Å². The third-order valence-corrected chi connectivity index (χ3v) is 1.13. The van der Waals surface area contributed by atoms with Crippen molar-refractivity contribution in [1.82, 2.24) is 4.90 Å². The van der Waals surface area contributed by atoms with Crippen LogP contribution in [0.3, 0.4) is 0 Å². The molecule has 0 spiro atoms. The smallest absolute Gasteiger partial charge is 0.317 e. The first kappa shape index (κ1) is 15.6. The molecule has 0 amide bonds. The average Bonchev–Trinajstić information content (AvgIpc) is 1.84. The zero-order chi connectivity index (χ0) is 9.56. The summed E-state index contributed by atoms with van der Waals surface area (Å²) >= 11 is 0. The van der Waals surface area contributed by atoms with E-state index < -0.39 is 11.9 Å². The molecule has 7 heteroatoms. The van der Waals surface area contributed by atoms with E-state index in [1.165, 1.54) is 0 Å². The van der Waals surface area contributed by atoms with Gasteiger partial charge >= 0.3 is 11.9 Å². The van der Waals surface area contributed by atoms with Gasteiger partial charge in [-0.3, -0.25) is 14.5 Å². The Balaban J connectivity index is 0. The molecule has 0 saturated carbocycles. The molecule has 0 fully saturated rings. The van der Waals surface area contributed by atoms with E-state index in [0.29, 0.717) is 0 Å². The summed E-state index contributed by atoms with van der Waals surface area (Å²) in [6, 6.07) is 0. The van der Waals surface area contributed by atoms with Gasteiger partial charge in [0.2, 0.25) is 0 Å². The van der Waals surface area contributed by atoms with E-state index in [1.54, 1.807) is 0 Å². The zero-order valence-electron chi connectivity index (χ0n) is 7.14. The first-order valence-electron chi connectivity index (χ1n) is 3.33. The molecule has 0 aliphatic carbocycles. The van der Waals surface area contributed by atoms with Crippen LogP contribution >= 0.6 is 0 Å². The van der Waals surface area contributed by atoms with Gasteiger partial charge in [-0.05, 0) is 0 Å². The Morgan fingerprint density at radius 3 is 1.69 bits per heavy atom. The second kappa shape index (κ2) is 8.71. The van der Waals surface area contributed by atoms with Crippen LogP contribution in [-0.4, -0.2) is 96.1 Å². The maximum absolute atomic E-state index is 10.1. The third kappa shape index (κ3) is 10.0. The number of aliphatic hydroxyl groups excluding tert-OH is 1. The summed E-state index contributed by atoms with van der Waals surface area (Å²) in [7, 11) is 0. The molecule has 2 radical (unpaired) electrons. The predicted octanol–water partition coefficient (Wildman–Crippen LogP) is -1.93. The fourth-order valence-corrected chi connectivity index (χ4v) is 0.738. The summed E-state index contributed by atoms with van der Waals surface area (Å²) in [4.78, 5) is 21.4. The number of carboxylic acids is 2. The summed E-state index contributed by atoms with van der Waals surface area (Å²) < 4.78 is 0. The van der Waals surface area contributed by atoms with Gasteiger partial charge in [-0.25, -0.2) is 0 Å². The maximum atomic E-state index is 10.1. The maximum Gasteiger partial charge on any atom is 0.317 e. The molecule has 0 aromatic rings. The van der Waals surface area contributed by atoms with E-state index in [2.05, 4.69) is 0 Å². The van der Waals surface area contributed by atoms with Gasteiger partial charge in [0.25, 0.3) is 0 Å². The van der Waals surface area contributed by atoms with Crippen LogP contribution in [0.4, 0.5) is 0 Å². The van der Waals surface area contributed by atoms with Crippen LogP contribution in [0.25, 0.3) is 0 Å². The number of aliphatic hydroxyl groups is 1. The number of hydrogen-bond acceptors (Lipinski definition) is 4. The molecule has 0 aromatic heterocycles. The van der Waals surface area contributed by atoms with E-state index >= 15 is 0 Å². The summed E-state index contributed by atoms with van der Waals surface area (Å²) in [5, 5.41) is 25.0. The molecular weight excluding hydrogens is 206 g/mol. The number of rotatable bonds is 6. The van der Waals surface area contributed by atoms with Crippen molar-refractivity contribution >= 4 is 49.7 Å². The molecule has 0 unspecified atom stereocenters. The minimum Gasteiger partial charge on any atom is -0.480 e. The SMILES string of the molecule is O=C(O)CN(CCO)CC(=O)O.[Ca].